The van der Waals surface area contributed by atoms with Gasteiger partial charge in [0, 0.05) is 11.6 Å². The fourth-order valence-corrected chi connectivity index (χ4v) is 2.56. The first-order chi connectivity index (χ1) is 9.69. The van der Waals surface area contributed by atoms with E-state index < -0.39 is 0 Å². The van der Waals surface area contributed by atoms with Crippen LogP contribution in [0.3, 0.4) is 0 Å². The van der Waals surface area contributed by atoms with Crippen molar-refractivity contribution in [2.24, 2.45) is 0 Å². The molecule has 104 valence electrons. The number of aliphatic hydroxyl groups is 1. The van der Waals surface area contributed by atoms with Crippen molar-refractivity contribution >= 4 is 0 Å². The molecular weight excluding hydrogens is 254 g/mol. The highest BCUT2D eigenvalue weighted by molar-refractivity contribution is 5.47. The Labute approximate surface area is 118 Å². The molecule has 0 fully saturated rings. The maximum atomic E-state index is 9.91. The van der Waals surface area contributed by atoms with Crippen LogP contribution in [0.5, 0.6) is 17.4 Å². The van der Waals surface area contributed by atoms with Gasteiger partial charge in [-0.25, -0.2) is 4.98 Å². The molecule has 1 aliphatic rings. The van der Waals surface area contributed by atoms with Crippen LogP contribution in [0.1, 0.15) is 29.3 Å². The zero-order valence-electron chi connectivity index (χ0n) is 11.6. The smallest absolute Gasteiger partial charge is 0.213 e. The Bertz CT molecular complexity index is 640. The summed E-state index contributed by atoms with van der Waals surface area (Å²) in [5.41, 5.74) is 2.84. The molecule has 4 heteroatoms. The van der Waals surface area contributed by atoms with Crippen LogP contribution in [0, 0.1) is 6.92 Å². The summed E-state index contributed by atoms with van der Waals surface area (Å²) in [7, 11) is 1.59. The van der Waals surface area contributed by atoms with Crippen molar-refractivity contribution in [1.82, 2.24) is 4.98 Å². The van der Waals surface area contributed by atoms with E-state index in [9.17, 15) is 5.11 Å². The van der Waals surface area contributed by atoms with Crippen molar-refractivity contribution in [3.05, 3.63) is 47.2 Å². The lowest BCUT2D eigenvalue weighted by Gasteiger charge is -2.13. The molecule has 0 unspecified atom stereocenters. The summed E-state index contributed by atoms with van der Waals surface area (Å²) in [5.74, 6) is 2.08. The lowest BCUT2D eigenvalue weighted by Crippen LogP contribution is -1.96. The maximum Gasteiger partial charge on any atom is 0.213 e. The number of methoxy groups -OCH3 is 1. The van der Waals surface area contributed by atoms with E-state index in [0.29, 0.717) is 11.6 Å². The lowest BCUT2D eigenvalue weighted by molar-refractivity contribution is 0.180. The van der Waals surface area contributed by atoms with E-state index in [-0.39, 0.29) is 6.10 Å². The Balaban J connectivity index is 1.93. The number of fused-ring (bicyclic) bond motifs is 1. The Morgan fingerprint density at radius 3 is 2.80 bits per heavy atom. The number of aryl methyl sites for hydroxylation is 1. The molecule has 0 spiro atoms. The summed E-state index contributed by atoms with van der Waals surface area (Å²) in [5, 5.41) is 9.91. The molecule has 1 heterocycles. The first-order valence-corrected chi connectivity index (χ1v) is 6.68. The third-order valence-corrected chi connectivity index (χ3v) is 3.64. The summed E-state index contributed by atoms with van der Waals surface area (Å²) >= 11 is 0. The maximum absolute atomic E-state index is 9.91. The highest BCUT2D eigenvalue weighted by Crippen LogP contribution is 2.38. The Kier molecular flexibility index (Phi) is 3.32. The number of aromatic nitrogens is 1. The first-order valence-electron chi connectivity index (χ1n) is 6.68. The van der Waals surface area contributed by atoms with Gasteiger partial charge in [-0.1, -0.05) is 12.1 Å². The van der Waals surface area contributed by atoms with Crippen molar-refractivity contribution in [2.75, 3.05) is 7.11 Å². The molecule has 1 N–H and O–H groups in total. The van der Waals surface area contributed by atoms with Crippen LogP contribution in [0.25, 0.3) is 0 Å². The van der Waals surface area contributed by atoms with Crippen molar-refractivity contribution < 1.29 is 14.6 Å². The second-order valence-electron chi connectivity index (χ2n) is 4.92. The molecule has 0 radical (unpaired) electrons. The van der Waals surface area contributed by atoms with Gasteiger partial charge in [-0.3, -0.25) is 0 Å². The quantitative estimate of drug-likeness (QED) is 0.931. The highest BCUT2D eigenvalue weighted by Gasteiger charge is 2.23. The number of hydrogen-bond acceptors (Lipinski definition) is 4. The SMILES string of the molecule is COc1ccc(Oc2cccc3c2CC[C@@H]3O)c(C)n1. The number of hydrogen-bond donors (Lipinski definition) is 1. The van der Waals surface area contributed by atoms with E-state index in [0.717, 1.165) is 35.4 Å². The molecule has 0 amide bonds. The number of nitrogens with zero attached hydrogens (tertiary/aromatic N) is 1. The zero-order chi connectivity index (χ0) is 14.1. The Morgan fingerprint density at radius 1 is 1.20 bits per heavy atom. The highest BCUT2D eigenvalue weighted by atomic mass is 16.5. The predicted molar refractivity (Wildman–Crippen MR) is 75.3 cm³/mol. The zero-order valence-corrected chi connectivity index (χ0v) is 11.6. The predicted octanol–water partition coefficient (Wildman–Crippen LogP) is 3.17. The molecule has 0 aliphatic heterocycles. The van der Waals surface area contributed by atoms with E-state index in [2.05, 4.69) is 4.98 Å². The summed E-state index contributed by atoms with van der Waals surface area (Å²) in [4.78, 5) is 4.30. The Hall–Kier alpha value is -2.07. The Morgan fingerprint density at radius 2 is 2.05 bits per heavy atom. The molecule has 1 aromatic heterocycles. The van der Waals surface area contributed by atoms with Crippen molar-refractivity contribution in [3.63, 3.8) is 0 Å². The van der Waals surface area contributed by atoms with Gasteiger partial charge in [0.2, 0.25) is 5.88 Å². The molecule has 1 aliphatic carbocycles. The monoisotopic (exact) mass is 271 g/mol. The van der Waals surface area contributed by atoms with E-state index >= 15 is 0 Å². The second-order valence-corrected chi connectivity index (χ2v) is 4.92. The van der Waals surface area contributed by atoms with Gasteiger partial charge in [-0.15, -0.1) is 0 Å². The van der Waals surface area contributed by atoms with Crippen LogP contribution in [-0.4, -0.2) is 17.2 Å². The standard InChI is InChI=1S/C16H17NO3/c1-10-14(8-9-16(17-10)19-2)20-15-5-3-4-11-12(15)6-7-13(11)18/h3-5,8-9,13,18H,6-7H2,1-2H3/t13-/m0/s1. The average Bonchev–Trinajstić information content (AvgIpc) is 2.84. The van der Waals surface area contributed by atoms with Crippen LogP contribution in [0.4, 0.5) is 0 Å². The van der Waals surface area contributed by atoms with Crippen LogP contribution in [0.2, 0.25) is 0 Å². The minimum absolute atomic E-state index is 0.372. The van der Waals surface area contributed by atoms with Gasteiger partial charge in [0.05, 0.1) is 18.9 Å². The molecule has 0 saturated carbocycles. The molecule has 2 aromatic rings. The molecule has 3 rings (SSSR count). The summed E-state index contributed by atoms with van der Waals surface area (Å²) < 4.78 is 11.1. The van der Waals surface area contributed by atoms with Gasteiger partial charge >= 0.3 is 0 Å². The van der Waals surface area contributed by atoms with E-state index in [1.54, 1.807) is 13.2 Å². The summed E-state index contributed by atoms with van der Waals surface area (Å²) in [6.07, 6.45) is 1.23. The molecule has 1 atom stereocenters. The van der Waals surface area contributed by atoms with E-state index in [1.165, 1.54) is 0 Å². The van der Waals surface area contributed by atoms with Crippen LogP contribution >= 0.6 is 0 Å². The average molecular weight is 271 g/mol. The van der Waals surface area contributed by atoms with Crippen LogP contribution in [-0.2, 0) is 6.42 Å². The summed E-state index contributed by atoms with van der Waals surface area (Å²) in [6, 6.07) is 9.43. The van der Waals surface area contributed by atoms with Gasteiger partial charge < -0.3 is 14.6 Å². The molecular formula is C16H17NO3. The minimum Gasteiger partial charge on any atom is -0.481 e. The van der Waals surface area contributed by atoms with Crippen molar-refractivity contribution in [2.45, 2.75) is 25.9 Å². The number of rotatable bonds is 3. The topological polar surface area (TPSA) is 51.6 Å². The van der Waals surface area contributed by atoms with Crippen molar-refractivity contribution in [1.29, 1.82) is 0 Å². The largest absolute Gasteiger partial charge is 0.481 e. The molecule has 0 saturated heterocycles. The van der Waals surface area contributed by atoms with Gasteiger partial charge in [0.15, 0.2) is 0 Å². The first kappa shape index (κ1) is 12.9. The number of benzene rings is 1. The fourth-order valence-electron chi connectivity index (χ4n) is 2.56. The number of aliphatic hydroxyl groups excluding tert-OH is 1. The molecule has 20 heavy (non-hydrogen) atoms. The van der Waals surface area contributed by atoms with E-state index in [1.807, 2.05) is 31.2 Å². The molecule has 4 nitrogen and oxygen atoms in total. The number of pyridine rings is 1. The minimum atomic E-state index is -0.372. The second kappa shape index (κ2) is 5.13. The van der Waals surface area contributed by atoms with Gasteiger partial charge in [-0.05, 0) is 37.5 Å². The van der Waals surface area contributed by atoms with Crippen LogP contribution in [0.15, 0.2) is 30.3 Å². The molecule has 0 bridgehead atoms. The number of ether oxygens (including phenoxy) is 2. The third-order valence-electron chi connectivity index (χ3n) is 3.64. The van der Waals surface area contributed by atoms with Gasteiger partial charge in [0.1, 0.15) is 11.5 Å². The summed E-state index contributed by atoms with van der Waals surface area (Å²) in [6.45, 7) is 1.88. The molecule has 1 aromatic carbocycles. The van der Waals surface area contributed by atoms with Crippen LogP contribution < -0.4 is 9.47 Å². The lowest BCUT2D eigenvalue weighted by atomic mass is 10.1. The van der Waals surface area contributed by atoms with Crippen molar-refractivity contribution in [3.8, 4) is 17.4 Å². The van der Waals surface area contributed by atoms with Gasteiger partial charge in [-0.2, -0.15) is 0 Å². The fraction of sp³-hybridized carbons (Fsp3) is 0.312. The third kappa shape index (κ3) is 2.23. The van der Waals surface area contributed by atoms with Gasteiger partial charge in [0.25, 0.3) is 0 Å². The normalized spacial score (nSPS) is 16.9. The van der Waals surface area contributed by atoms with E-state index in [4.69, 9.17) is 9.47 Å².